The molecule has 1 unspecified atom stereocenters. The van der Waals surface area contributed by atoms with Gasteiger partial charge in [0.2, 0.25) is 0 Å². The van der Waals surface area contributed by atoms with E-state index in [0.717, 1.165) is 29.5 Å². The third-order valence-electron chi connectivity index (χ3n) is 6.61. The summed E-state index contributed by atoms with van der Waals surface area (Å²) in [6.07, 6.45) is 13.1. The van der Waals surface area contributed by atoms with Crippen molar-refractivity contribution < 1.29 is 0 Å². The van der Waals surface area contributed by atoms with Gasteiger partial charge < -0.3 is 4.90 Å². The Balaban J connectivity index is 1.76. The molecular formula is C23H30N4S2. The van der Waals surface area contributed by atoms with Crippen LogP contribution in [0.1, 0.15) is 69.2 Å². The molecule has 2 aliphatic rings. The molecule has 1 aliphatic heterocycles. The van der Waals surface area contributed by atoms with Crippen LogP contribution in [0.4, 0.5) is 5.82 Å². The third kappa shape index (κ3) is 3.32. The molecule has 1 atom stereocenters. The van der Waals surface area contributed by atoms with E-state index in [1.807, 2.05) is 11.3 Å². The molecule has 0 spiro atoms. The highest BCUT2D eigenvalue weighted by Gasteiger charge is 2.28. The van der Waals surface area contributed by atoms with Gasteiger partial charge in [-0.1, -0.05) is 25.1 Å². The molecule has 0 bridgehead atoms. The number of piperidine rings is 1. The summed E-state index contributed by atoms with van der Waals surface area (Å²) in [7, 11) is 0. The number of aryl methyl sites for hydroxylation is 2. The van der Waals surface area contributed by atoms with E-state index in [1.54, 1.807) is 11.8 Å². The van der Waals surface area contributed by atoms with Crippen molar-refractivity contribution in [1.82, 2.24) is 15.0 Å². The summed E-state index contributed by atoms with van der Waals surface area (Å²) in [4.78, 5) is 19.0. The SMILES string of the molecule is CCCCc1nc2sc3c(N4CCCCC4C)nc(SC)nc3c2c2c1CCC2. The van der Waals surface area contributed by atoms with Gasteiger partial charge in [0.1, 0.15) is 4.83 Å². The van der Waals surface area contributed by atoms with Gasteiger partial charge in [-0.05, 0) is 75.7 Å². The van der Waals surface area contributed by atoms with Gasteiger partial charge in [-0.25, -0.2) is 15.0 Å². The molecule has 29 heavy (non-hydrogen) atoms. The first kappa shape index (κ1) is 19.6. The largest absolute Gasteiger partial charge is 0.353 e. The summed E-state index contributed by atoms with van der Waals surface area (Å²) in [6.45, 7) is 5.71. The first-order chi connectivity index (χ1) is 14.2. The van der Waals surface area contributed by atoms with Crippen LogP contribution in [-0.2, 0) is 19.3 Å². The third-order valence-corrected chi connectivity index (χ3v) is 8.22. The number of unbranched alkanes of at least 4 members (excludes halogenated alkanes) is 1. The van der Waals surface area contributed by atoms with Crippen LogP contribution in [0.3, 0.4) is 0 Å². The summed E-state index contributed by atoms with van der Waals surface area (Å²) in [5, 5.41) is 2.23. The van der Waals surface area contributed by atoms with Crippen molar-refractivity contribution in [3.05, 3.63) is 16.8 Å². The zero-order chi connectivity index (χ0) is 20.0. The van der Waals surface area contributed by atoms with Crippen molar-refractivity contribution in [2.24, 2.45) is 0 Å². The van der Waals surface area contributed by atoms with Crippen molar-refractivity contribution in [2.45, 2.75) is 82.8 Å². The fraction of sp³-hybridized carbons (Fsp3) is 0.609. The number of hydrogen-bond donors (Lipinski definition) is 0. The maximum absolute atomic E-state index is 5.21. The maximum Gasteiger partial charge on any atom is 0.189 e. The molecule has 0 amide bonds. The molecule has 3 aromatic heterocycles. The van der Waals surface area contributed by atoms with Gasteiger partial charge in [0.05, 0.1) is 10.2 Å². The molecule has 0 aromatic carbocycles. The first-order valence-corrected chi connectivity index (χ1v) is 13.2. The number of thiophene rings is 1. The molecular weight excluding hydrogens is 396 g/mol. The number of rotatable bonds is 5. The second-order valence-electron chi connectivity index (χ2n) is 8.50. The minimum Gasteiger partial charge on any atom is -0.353 e. The zero-order valence-corrected chi connectivity index (χ0v) is 19.4. The molecule has 1 saturated heterocycles. The smallest absolute Gasteiger partial charge is 0.189 e. The van der Waals surface area contributed by atoms with Crippen LogP contribution in [0.5, 0.6) is 0 Å². The first-order valence-electron chi connectivity index (χ1n) is 11.2. The molecule has 154 valence electrons. The Hall–Kier alpha value is -1.40. The average molecular weight is 427 g/mol. The fourth-order valence-electron chi connectivity index (χ4n) is 5.06. The summed E-state index contributed by atoms with van der Waals surface area (Å²) in [5.41, 5.74) is 5.58. The van der Waals surface area contributed by atoms with Gasteiger partial charge in [0.15, 0.2) is 11.0 Å². The summed E-state index contributed by atoms with van der Waals surface area (Å²) >= 11 is 3.49. The Bertz CT molecular complexity index is 1060. The van der Waals surface area contributed by atoms with Crippen molar-refractivity contribution in [3.8, 4) is 0 Å². The zero-order valence-electron chi connectivity index (χ0n) is 17.8. The number of fused-ring (bicyclic) bond motifs is 5. The van der Waals surface area contributed by atoms with E-state index in [1.165, 1.54) is 83.1 Å². The molecule has 4 heterocycles. The number of aromatic nitrogens is 3. The highest BCUT2D eigenvalue weighted by molar-refractivity contribution is 7.98. The Morgan fingerprint density at radius 2 is 1.97 bits per heavy atom. The predicted molar refractivity (Wildman–Crippen MR) is 126 cm³/mol. The second kappa shape index (κ2) is 8.03. The van der Waals surface area contributed by atoms with E-state index >= 15 is 0 Å². The van der Waals surface area contributed by atoms with Crippen LogP contribution in [0.2, 0.25) is 0 Å². The Labute approximate surface area is 181 Å². The van der Waals surface area contributed by atoms with Crippen LogP contribution in [0, 0.1) is 0 Å². The van der Waals surface area contributed by atoms with E-state index in [4.69, 9.17) is 15.0 Å². The molecule has 0 saturated carbocycles. The molecule has 6 heteroatoms. The van der Waals surface area contributed by atoms with Gasteiger partial charge in [-0.2, -0.15) is 0 Å². The number of hydrogen-bond acceptors (Lipinski definition) is 6. The molecule has 1 aliphatic carbocycles. The van der Waals surface area contributed by atoms with Crippen LogP contribution in [0.15, 0.2) is 5.16 Å². The minimum atomic E-state index is 0.542. The molecule has 0 radical (unpaired) electrons. The number of nitrogens with zero attached hydrogens (tertiary/aromatic N) is 4. The highest BCUT2D eigenvalue weighted by atomic mass is 32.2. The second-order valence-corrected chi connectivity index (χ2v) is 10.3. The lowest BCUT2D eigenvalue weighted by molar-refractivity contribution is 0.481. The standard InChI is InChI=1S/C23H30N4S2/c1-4-5-12-17-15-10-8-11-16(15)18-19-20(29-22(18)24-17)21(26-23(25-19)28-3)27-13-7-6-9-14(27)2/h14H,4-13H2,1-3H3. The monoisotopic (exact) mass is 426 g/mol. The van der Waals surface area contributed by atoms with E-state index in [-0.39, 0.29) is 0 Å². The van der Waals surface area contributed by atoms with E-state index in [0.29, 0.717) is 6.04 Å². The normalized spacial score (nSPS) is 19.4. The van der Waals surface area contributed by atoms with Gasteiger partial charge in [-0.15, -0.1) is 11.3 Å². The number of anilines is 1. The quantitative estimate of drug-likeness (QED) is 0.360. The van der Waals surface area contributed by atoms with Crippen molar-refractivity contribution in [2.75, 3.05) is 17.7 Å². The lowest BCUT2D eigenvalue weighted by Gasteiger charge is -2.34. The van der Waals surface area contributed by atoms with Crippen molar-refractivity contribution >= 4 is 49.3 Å². The van der Waals surface area contributed by atoms with E-state index in [9.17, 15) is 0 Å². The lowest BCUT2D eigenvalue weighted by atomic mass is 10.0. The maximum atomic E-state index is 5.21. The van der Waals surface area contributed by atoms with E-state index in [2.05, 4.69) is 25.0 Å². The summed E-state index contributed by atoms with van der Waals surface area (Å²) in [6, 6.07) is 0.542. The van der Waals surface area contributed by atoms with Gasteiger partial charge >= 0.3 is 0 Å². The van der Waals surface area contributed by atoms with E-state index < -0.39 is 0 Å². The molecule has 0 N–H and O–H groups in total. The van der Waals surface area contributed by atoms with Gasteiger partial charge in [-0.3, -0.25) is 0 Å². The van der Waals surface area contributed by atoms with Crippen LogP contribution in [-0.4, -0.2) is 33.8 Å². The predicted octanol–water partition coefficient (Wildman–Crippen LogP) is 6.17. The Morgan fingerprint density at radius 3 is 2.76 bits per heavy atom. The van der Waals surface area contributed by atoms with Crippen LogP contribution >= 0.6 is 23.1 Å². The number of pyridine rings is 1. The molecule has 3 aromatic rings. The topological polar surface area (TPSA) is 41.9 Å². The molecule has 5 rings (SSSR count). The van der Waals surface area contributed by atoms with Crippen LogP contribution < -0.4 is 4.90 Å². The summed E-state index contributed by atoms with van der Waals surface area (Å²) < 4.78 is 1.25. The average Bonchev–Trinajstić information content (AvgIpc) is 3.36. The number of thioether (sulfide) groups is 1. The molecule has 4 nitrogen and oxygen atoms in total. The molecule has 1 fully saturated rings. The lowest BCUT2D eigenvalue weighted by Crippen LogP contribution is -2.38. The van der Waals surface area contributed by atoms with Gasteiger partial charge in [0, 0.05) is 23.7 Å². The highest BCUT2D eigenvalue weighted by Crippen LogP contribution is 2.43. The fourth-order valence-corrected chi connectivity index (χ4v) is 6.59. The van der Waals surface area contributed by atoms with Crippen molar-refractivity contribution in [3.63, 3.8) is 0 Å². The Morgan fingerprint density at radius 1 is 1.10 bits per heavy atom. The van der Waals surface area contributed by atoms with Crippen LogP contribution in [0.25, 0.3) is 20.4 Å². The minimum absolute atomic E-state index is 0.542. The summed E-state index contributed by atoms with van der Waals surface area (Å²) in [5.74, 6) is 1.15. The Kier molecular flexibility index (Phi) is 5.41. The van der Waals surface area contributed by atoms with Gasteiger partial charge in [0.25, 0.3) is 0 Å². The van der Waals surface area contributed by atoms with Crippen molar-refractivity contribution in [1.29, 1.82) is 0 Å².